The first-order valence-electron chi connectivity index (χ1n) is 11.3. The third-order valence-electron chi connectivity index (χ3n) is 4.85. The first kappa shape index (κ1) is 27.3. The lowest BCUT2D eigenvalue weighted by molar-refractivity contribution is -0.140. The van der Waals surface area contributed by atoms with E-state index in [0.29, 0.717) is 25.2 Å². The second kappa shape index (κ2) is 17.9. The van der Waals surface area contributed by atoms with Gasteiger partial charge in [-0.15, -0.1) is 0 Å². The van der Waals surface area contributed by atoms with Crippen LogP contribution in [-0.4, -0.2) is 44.5 Å². The minimum atomic E-state index is -0.436. The molecule has 6 heteroatoms. The summed E-state index contributed by atoms with van der Waals surface area (Å²) in [6.07, 6.45) is 11.9. The van der Waals surface area contributed by atoms with E-state index in [9.17, 15) is 9.59 Å². The number of carbonyl (C=O) groups excluding carboxylic acids is 2. The Morgan fingerprint density at radius 3 is 2.44 bits per heavy atom. The lowest BCUT2D eigenvalue weighted by atomic mass is 10.1. The minimum Gasteiger partial charge on any atom is -0.493 e. The SMILES string of the molecule is COC(=O)/C=C/c1c(C#CCCCCO)cccc1OCCCCCCCCC(=O)OC. The number of methoxy groups -OCH3 is 2. The summed E-state index contributed by atoms with van der Waals surface area (Å²) in [6.45, 7) is 0.750. The molecule has 0 fully saturated rings. The third-order valence-corrected chi connectivity index (χ3v) is 4.85. The summed E-state index contributed by atoms with van der Waals surface area (Å²) in [4.78, 5) is 22.7. The lowest BCUT2D eigenvalue weighted by Gasteiger charge is -2.11. The van der Waals surface area contributed by atoms with Gasteiger partial charge < -0.3 is 19.3 Å². The average molecular weight is 445 g/mol. The number of hydrogen-bond acceptors (Lipinski definition) is 6. The van der Waals surface area contributed by atoms with Gasteiger partial charge in [0.25, 0.3) is 0 Å². The molecule has 176 valence electrons. The normalized spacial score (nSPS) is 10.5. The number of rotatable bonds is 15. The van der Waals surface area contributed by atoms with Gasteiger partial charge in [0.05, 0.1) is 20.8 Å². The fraction of sp³-hybridized carbons (Fsp3) is 0.538. The van der Waals surface area contributed by atoms with Crippen LogP contribution in [0.3, 0.4) is 0 Å². The van der Waals surface area contributed by atoms with E-state index in [1.807, 2.05) is 18.2 Å². The second-order valence-electron chi connectivity index (χ2n) is 7.35. The Morgan fingerprint density at radius 2 is 1.72 bits per heavy atom. The van der Waals surface area contributed by atoms with E-state index in [1.54, 1.807) is 6.08 Å². The molecular weight excluding hydrogens is 408 g/mol. The maximum Gasteiger partial charge on any atom is 0.330 e. The number of esters is 2. The van der Waals surface area contributed by atoms with Crippen molar-refractivity contribution in [2.75, 3.05) is 27.4 Å². The van der Waals surface area contributed by atoms with Crippen molar-refractivity contribution in [2.45, 2.75) is 64.2 Å². The highest BCUT2D eigenvalue weighted by Gasteiger charge is 2.07. The van der Waals surface area contributed by atoms with Gasteiger partial charge in [-0.05, 0) is 43.9 Å². The zero-order valence-corrected chi connectivity index (χ0v) is 19.4. The molecule has 32 heavy (non-hydrogen) atoms. The third kappa shape index (κ3) is 12.2. The Bertz CT molecular complexity index is 772. The smallest absolute Gasteiger partial charge is 0.330 e. The van der Waals surface area contributed by atoms with Crippen LogP contribution < -0.4 is 4.74 Å². The highest BCUT2D eigenvalue weighted by Crippen LogP contribution is 2.24. The summed E-state index contributed by atoms with van der Waals surface area (Å²) >= 11 is 0. The van der Waals surface area contributed by atoms with Crippen molar-refractivity contribution in [3.63, 3.8) is 0 Å². The summed E-state index contributed by atoms with van der Waals surface area (Å²) in [7, 11) is 2.76. The van der Waals surface area contributed by atoms with E-state index in [4.69, 9.17) is 14.6 Å². The fourth-order valence-corrected chi connectivity index (χ4v) is 3.02. The van der Waals surface area contributed by atoms with Gasteiger partial charge in [-0.2, -0.15) is 0 Å². The van der Waals surface area contributed by atoms with Crippen LogP contribution in [0.2, 0.25) is 0 Å². The number of aliphatic hydroxyl groups is 1. The topological polar surface area (TPSA) is 82.1 Å². The molecule has 1 aromatic carbocycles. The van der Waals surface area contributed by atoms with E-state index in [-0.39, 0.29) is 12.6 Å². The van der Waals surface area contributed by atoms with Gasteiger partial charge >= 0.3 is 11.9 Å². The van der Waals surface area contributed by atoms with Gasteiger partial charge in [0.2, 0.25) is 0 Å². The summed E-state index contributed by atoms with van der Waals surface area (Å²) in [5, 5.41) is 8.88. The van der Waals surface area contributed by atoms with E-state index in [2.05, 4.69) is 16.6 Å². The Labute approximate surface area is 191 Å². The van der Waals surface area contributed by atoms with Crippen molar-refractivity contribution >= 4 is 18.0 Å². The standard InChI is InChI=1S/C26H36O6/c1-30-25(28)17-10-5-3-4-8-12-21-32-24-16-13-15-22(14-9-6-7-11-20-27)23(24)18-19-26(29)31-2/h13,15-16,18-19,27H,3-8,10-12,17,20-21H2,1-2H3/b19-18+. The summed E-state index contributed by atoms with van der Waals surface area (Å²) in [6, 6.07) is 5.67. The Kier molecular flexibility index (Phi) is 15.2. The Morgan fingerprint density at radius 1 is 0.969 bits per heavy atom. The molecule has 0 bridgehead atoms. The van der Waals surface area contributed by atoms with E-state index < -0.39 is 5.97 Å². The number of hydrogen-bond donors (Lipinski definition) is 1. The molecule has 0 amide bonds. The first-order chi connectivity index (χ1) is 15.6. The number of aliphatic hydroxyl groups excluding tert-OH is 1. The van der Waals surface area contributed by atoms with Crippen molar-refractivity contribution in [3.8, 4) is 17.6 Å². The van der Waals surface area contributed by atoms with Crippen LogP contribution in [0.15, 0.2) is 24.3 Å². The molecule has 1 aromatic rings. The molecule has 0 aliphatic carbocycles. The van der Waals surface area contributed by atoms with Crippen LogP contribution in [0, 0.1) is 11.8 Å². The van der Waals surface area contributed by atoms with E-state index in [0.717, 1.165) is 62.5 Å². The van der Waals surface area contributed by atoms with Crippen molar-refractivity contribution < 1.29 is 28.9 Å². The fourth-order valence-electron chi connectivity index (χ4n) is 3.02. The van der Waals surface area contributed by atoms with E-state index >= 15 is 0 Å². The number of unbranched alkanes of at least 4 members (excludes halogenated alkanes) is 7. The largest absolute Gasteiger partial charge is 0.493 e. The van der Waals surface area contributed by atoms with Gasteiger partial charge in [0.15, 0.2) is 0 Å². The summed E-state index contributed by atoms with van der Waals surface area (Å²) in [5.74, 6) is 6.37. The minimum absolute atomic E-state index is 0.146. The monoisotopic (exact) mass is 444 g/mol. The predicted octanol–water partition coefficient (Wildman–Crippen LogP) is 4.67. The Balaban J connectivity index is 2.58. The molecule has 0 aromatic heterocycles. The molecular formula is C26H36O6. The maximum absolute atomic E-state index is 11.6. The molecule has 0 radical (unpaired) electrons. The highest BCUT2D eigenvalue weighted by atomic mass is 16.5. The van der Waals surface area contributed by atoms with Crippen LogP contribution >= 0.6 is 0 Å². The van der Waals surface area contributed by atoms with E-state index in [1.165, 1.54) is 20.3 Å². The first-order valence-corrected chi connectivity index (χ1v) is 11.3. The molecule has 0 spiro atoms. The van der Waals surface area contributed by atoms with Crippen LogP contribution in [-0.2, 0) is 19.1 Å². The van der Waals surface area contributed by atoms with Crippen LogP contribution in [0.25, 0.3) is 6.08 Å². The molecule has 0 atom stereocenters. The molecule has 0 aliphatic rings. The molecule has 1 rings (SSSR count). The van der Waals surface area contributed by atoms with Crippen molar-refractivity contribution in [1.82, 2.24) is 0 Å². The number of benzene rings is 1. The van der Waals surface area contributed by atoms with Crippen LogP contribution in [0.1, 0.15) is 75.3 Å². The predicted molar refractivity (Wildman–Crippen MR) is 125 cm³/mol. The zero-order valence-electron chi connectivity index (χ0n) is 19.4. The molecule has 0 unspecified atom stereocenters. The van der Waals surface area contributed by atoms with Crippen LogP contribution in [0.4, 0.5) is 0 Å². The van der Waals surface area contributed by atoms with Crippen LogP contribution in [0.5, 0.6) is 5.75 Å². The molecule has 0 aliphatic heterocycles. The molecule has 1 N–H and O–H groups in total. The Hall–Kier alpha value is -2.78. The van der Waals surface area contributed by atoms with Gasteiger partial charge in [-0.3, -0.25) is 4.79 Å². The van der Waals surface area contributed by atoms with Crippen molar-refractivity contribution in [3.05, 3.63) is 35.4 Å². The molecule has 0 heterocycles. The second-order valence-corrected chi connectivity index (χ2v) is 7.35. The average Bonchev–Trinajstić information content (AvgIpc) is 2.81. The maximum atomic E-state index is 11.6. The zero-order chi connectivity index (χ0) is 23.4. The van der Waals surface area contributed by atoms with Crippen molar-refractivity contribution in [2.24, 2.45) is 0 Å². The van der Waals surface area contributed by atoms with Crippen molar-refractivity contribution in [1.29, 1.82) is 0 Å². The number of ether oxygens (including phenoxy) is 3. The summed E-state index contributed by atoms with van der Waals surface area (Å²) < 4.78 is 15.3. The highest BCUT2D eigenvalue weighted by molar-refractivity contribution is 5.88. The molecule has 0 saturated heterocycles. The van der Waals surface area contributed by atoms with Gasteiger partial charge in [-0.1, -0.05) is 43.6 Å². The van der Waals surface area contributed by atoms with Gasteiger partial charge in [-0.25, -0.2) is 4.79 Å². The quantitative estimate of drug-likeness (QED) is 0.183. The molecule has 0 saturated carbocycles. The van der Waals surface area contributed by atoms with Gasteiger partial charge in [0.1, 0.15) is 5.75 Å². The lowest BCUT2D eigenvalue weighted by Crippen LogP contribution is -2.01. The molecule has 6 nitrogen and oxygen atoms in total. The van der Waals surface area contributed by atoms with Gasteiger partial charge in [0, 0.05) is 36.7 Å². The number of carbonyl (C=O) groups is 2. The summed E-state index contributed by atoms with van der Waals surface area (Å²) in [5.41, 5.74) is 1.55.